The van der Waals surface area contributed by atoms with Crippen LogP contribution in [0.25, 0.3) is 0 Å². The van der Waals surface area contributed by atoms with Gasteiger partial charge in [-0.25, -0.2) is 0 Å². The second kappa shape index (κ2) is 5.25. The Balaban J connectivity index is 2.15. The highest BCUT2D eigenvalue weighted by Gasteiger charge is 2.47. The van der Waals surface area contributed by atoms with E-state index in [0.29, 0.717) is 6.61 Å². The standard InChI is InChI=1S/C17H18O2Si/c1-20(14-8-4-2-5-9-14,15-10-6-3-7-11-15)16-12-13-19-17(16)18/h2-11,16H,12-13H2,1H3/t16-/m1/s1. The van der Waals surface area contributed by atoms with E-state index in [9.17, 15) is 4.79 Å². The van der Waals surface area contributed by atoms with Gasteiger partial charge in [-0.1, -0.05) is 77.6 Å². The van der Waals surface area contributed by atoms with Gasteiger partial charge < -0.3 is 4.74 Å². The molecule has 102 valence electrons. The largest absolute Gasteiger partial charge is 0.466 e. The zero-order chi connectivity index (χ0) is 14.0. The van der Waals surface area contributed by atoms with Crippen LogP contribution in [0.5, 0.6) is 0 Å². The second-order valence-corrected chi connectivity index (χ2v) is 9.70. The first-order valence-electron chi connectivity index (χ1n) is 7.00. The summed E-state index contributed by atoms with van der Waals surface area (Å²) in [6, 6.07) is 20.9. The van der Waals surface area contributed by atoms with Gasteiger partial charge in [0.1, 0.15) is 8.07 Å². The van der Waals surface area contributed by atoms with E-state index in [1.807, 2.05) is 12.1 Å². The van der Waals surface area contributed by atoms with Crippen molar-refractivity contribution in [1.82, 2.24) is 0 Å². The van der Waals surface area contributed by atoms with Crippen molar-refractivity contribution in [2.24, 2.45) is 0 Å². The zero-order valence-corrected chi connectivity index (χ0v) is 12.6. The van der Waals surface area contributed by atoms with Crippen LogP contribution in [0.15, 0.2) is 60.7 Å². The van der Waals surface area contributed by atoms with Crippen LogP contribution in [0, 0.1) is 0 Å². The van der Waals surface area contributed by atoms with E-state index in [1.165, 1.54) is 10.4 Å². The summed E-state index contributed by atoms with van der Waals surface area (Å²) in [6.07, 6.45) is 0.839. The maximum atomic E-state index is 12.2. The first-order valence-corrected chi connectivity index (χ1v) is 9.58. The number of esters is 1. The van der Waals surface area contributed by atoms with Gasteiger partial charge in [-0.15, -0.1) is 0 Å². The van der Waals surface area contributed by atoms with Crippen molar-refractivity contribution in [3.63, 3.8) is 0 Å². The van der Waals surface area contributed by atoms with Crippen LogP contribution in [0.4, 0.5) is 0 Å². The lowest BCUT2D eigenvalue weighted by Crippen LogP contribution is -2.60. The summed E-state index contributed by atoms with van der Waals surface area (Å²) >= 11 is 0. The molecule has 1 heterocycles. The summed E-state index contributed by atoms with van der Waals surface area (Å²) < 4.78 is 5.25. The molecule has 2 nitrogen and oxygen atoms in total. The number of cyclic esters (lactones) is 1. The molecule has 0 radical (unpaired) electrons. The van der Waals surface area contributed by atoms with Crippen LogP contribution in [0.1, 0.15) is 6.42 Å². The molecule has 0 spiro atoms. The summed E-state index contributed by atoms with van der Waals surface area (Å²) in [4.78, 5) is 12.2. The molecule has 0 aromatic heterocycles. The summed E-state index contributed by atoms with van der Waals surface area (Å²) in [7, 11) is -2.11. The van der Waals surface area contributed by atoms with E-state index in [-0.39, 0.29) is 11.5 Å². The third kappa shape index (κ3) is 2.08. The molecule has 0 N–H and O–H groups in total. The smallest absolute Gasteiger partial charge is 0.306 e. The zero-order valence-electron chi connectivity index (χ0n) is 11.6. The lowest BCUT2D eigenvalue weighted by Gasteiger charge is -2.32. The molecule has 0 amide bonds. The third-order valence-electron chi connectivity index (χ3n) is 4.38. The van der Waals surface area contributed by atoms with E-state index < -0.39 is 8.07 Å². The summed E-state index contributed by atoms with van der Waals surface area (Å²) in [6.45, 7) is 2.85. The molecule has 0 unspecified atom stereocenters. The summed E-state index contributed by atoms with van der Waals surface area (Å²) in [5, 5.41) is 2.60. The first-order chi connectivity index (χ1) is 9.73. The Morgan fingerprint density at radius 2 is 1.45 bits per heavy atom. The molecule has 2 aromatic rings. The van der Waals surface area contributed by atoms with Crippen LogP contribution in [0.3, 0.4) is 0 Å². The number of hydrogen-bond donors (Lipinski definition) is 0. The van der Waals surface area contributed by atoms with Crippen molar-refractivity contribution >= 4 is 24.4 Å². The van der Waals surface area contributed by atoms with Crippen LogP contribution in [-0.2, 0) is 9.53 Å². The molecule has 1 saturated heterocycles. The minimum absolute atomic E-state index is 0.0206. The Kier molecular flexibility index (Phi) is 3.45. The molecule has 2 aromatic carbocycles. The van der Waals surface area contributed by atoms with Gasteiger partial charge >= 0.3 is 5.97 Å². The fourth-order valence-electron chi connectivity index (χ4n) is 3.16. The molecule has 3 heteroatoms. The van der Waals surface area contributed by atoms with E-state index in [4.69, 9.17) is 4.74 Å². The average Bonchev–Trinajstić information content (AvgIpc) is 2.95. The second-order valence-electron chi connectivity index (χ2n) is 5.44. The topological polar surface area (TPSA) is 26.3 Å². The minimum Gasteiger partial charge on any atom is -0.466 e. The highest BCUT2D eigenvalue weighted by molar-refractivity contribution is 7.04. The van der Waals surface area contributed by atoms with Gasteiger partial charge in [0, 0.05) is 0 Å². The first kappa shape index (κ1) is 13.1. The Bertz CT molecular complexity index is 555. The van der Waals surface area contributed by atoms with Crippen LogP contribution < -0.4 is 10.4 Å². The SMILES string of the molecule is C[Si](c1ccccc1)(c1ccccc1)[C@@H]1CCOC1=O. The maximum Gasteiger partial charge on any atom is 0.306 e. The molecular formula is C17H18O2Si. The van der Waals surface area contributed by atoms with Gasteiger partial charge in [0.2, 0.25) is 0 Å². The van der Waals surface area contributed by atoms with Crippen molar-refractivity contribution in [1.29, 1.82) is 0 Å². The quantitative estimate of drug-likeness (QED) is 0.637. The van der Waals surface area contributed by atoms with Crippen molar-refractivity contribution in [3.05, 3.63) is 60.7 Å². The predicted molar refractivity (Wildman–Crippen MR) is 83.1 cm³/mol. The Hall–Kier alpha value is -1.87. The normalized spacial score (nSPS) is 18.9. The van der Waals surface area contributed by atoms with Gasteiger partial charge in [0.15, 0.2) is 0 Å². The molecule has 20 heavy (non-hydrogen) atoms. The molecule has 1 atom stereocenters. The van der Waals surface area contributed by atoms with E-state index in [2.05, 4.69) is 55.1 Å². The predicted octanol–water partition coefficient (Wildman–Crippen LogP) is 2.20. The Morgan fingerprint density at radius 3 is 1.85 bits per heavy atom. The van der Waals surface area contributed by atoms with Crippen LogP contribution in [-0.4, -0.2) is 20.7 Å². The molecule has 0 saturated carbocycles. The number of ether oxygens (including phenoxy) is 1. The van der Waals surface area contributed by atoms with Gasteiger partial charge in [-0.3, -0.25) is 4.79 Å². The van der Waals surface area contributed by atoms with Gasteiger partial charge in [0.25, 0.3) is 0 Å². The minimum atomic E-state index is -2.11. The monoisotopic (exact) mass is 282 g/mol. The van der Waals surface area contributed by atoms with E-state index in [1.54, 1.807) is 0 Å². The highest BCUT2D eigenvalue weighted by atomic mass is 28.3. The maximum absolute atomic E-state index is 12.2. The lowest BCUT2D eigenvalue weighted by atomic mass is 10.3. The molecule has 1 aliphatic rings. The van der Waals surface area contributed by atoms with E-state index >= 15 is 0 Å². The van der Waals surface area contributed by atoms with Crippen LogP contribution >= 0.6 is 0 Å². The van der Waals surface area contributed by atoms with Gasteiger partial charge in [-0.05, 0) is 6.42 Å². The lowest BCUT2D eigenvalue weighted by molar-refractivity contribution is -0.138. The van der Waals surface area contributed by atoms with Crippen molar-refractivity contribution in [2.45, 2.75) is 18.5 Å². The average molecular weight is 282 g/mol. The number of benzene rings is 2. The van der Waals surface area contributed by atoms with E-state index in [0.717, 1.165) is 6.42 Å². The summed E-state index contributed by atoms with van der Waals surface area (Å²) in [5.41, 5.74) is 0.0206. The number of rotatable bonds is 3. The van der Waals surface area contributed by atoms with Gasteiger partial charge in [0.05, 0.1) is 12.1 Å². The Morgan fingerprint density at radius 1 is 0.950 bits per heavy atom. The molecule has 0 bridgehead atoms. The number of carbonyl (C=O) groups is 1. The number of hydrogen-bond acceptors (Lipinski definition) is 2. The fraction of sp³-hybridized carbons (Fsp3) is 0.235. The van der Waals surface area contributed by atoms with Crippen molar-refractivity contribution in [3.8, 4) is 0 Å². The molecule has 3 rings (SSSR count). The molecule has 0 aliphatic carbocycles. The van der Waals surface area contributed by atoms with Crippen molar-refractivity contribution < 1.29 is 9.53 Å². The fourth-order valence-corrected chi connectivity index (χ4v) is 7.32. The van der Waals surface area contributed by atoms with Crippen molar-refractivity contribution in [2.75, 3.05) is 6.61 Å². The highest BCUT2D eigenvalue weighted by Crippen LogP contribution is 2.31. The summed E-state index contributed by atoms with van der Waals surface area (Å²) in [5.74, 6) is -0.0214. The third-order valence-corrected chi connectivity index (χ3v) is 9.36. The molecule has 1 aliphatic heterocycles. The number of carbonyl (C=O) groups excluding carboxylic acids is 1. The molecule has 1 fully saturated rings. The van der Waals surface area contributed by atoms with Gasteiger partial charge in [-0.2, -0.15) is 0 Å². The van der Waals surface area contributed by atoms with Crippen LogP contribution in [0.2, 0.25) is 12.1 Å². The molecular weight excluding hydrogens is 264 g/mol. The Labute approximate surface area is 120 Å².